The smallest absolute Gasteiger partial charge is 0.265 e. The number of rotatable bonds is 6. The van der Waals surface area contributed by atoms with Gasteiger partial charge >= 0.3 is 0 Å². The Bertz CT molecular complexity index is 834. The molecule has 1 atom stereocenters. The lowest BCUT2D eigenvalue weighted by atomic mass is 10.1. The molecule has 3 rings (SSSR count). The van der Waals surface area contributed by atoms with E-state index in [9.17, 15) is 4.79 Å². The number of carbonyl (C=O) groups excluding carboxylic acids is 1. The molecule has 0 aliphatic rings. The van der Waals surface area contributed by atoms with E-state index in [1.807, 2.05) is 47.8 Å². The van der Waals surface area contributed by atoms with E-state index in [0.29, 0.717) is 22.1 Å². The summed E-state index contributed by atoms with van der Waals surface area (Å²) in [5.74, 6) is -0.139. The van der Waals surface area contributed by atoms with Crippen LogP contribution in [0.5, 0.6) is 0 Å². The normalized spacial score (nSPS) is 11.9. The summed E-state index contributed by atoms with van der Waals surface area (Å²) < 4.78 is 0. The molecule has 0 bridgehead atoms. The summed E-state index contributed by atoms with van der Waals surface area (Å²) in [5.41, 5.74) is 2.93. The van der Waals surface area contributed by atoms with Crippen LogP contribution in [0, 0.1) is 0 Å². The third kappa shape index (κ3) is 4.69. The molecule has 0 fully saturated rings. The quantitative estimate of drug-likeness (QED) is 0.601. The van der Waals surface area contributed by atoms with E-state index in [4.69, 9.17) is 11.6 Å². The highest BCUT2D eigenvalue weighted by Gasteiger charge is 2.11. The minimum absolute atomic E-state index is 0.139. The van der Waals surface area contributed by atoms with Crippen molar-refractivity contribution in [3.8, 4) is 0 Å². The van der Waals surface area contributed by atoms with Gasteiger partial charge in [0, 0.05) is 12.6 Å². The van der Waals surface area contributed by atoms with Crippen LogP contribution in [0.2, 0.25) is 5.02 Å². The van der Waals surface area contributed by atoms with Gasteiger partial charge in [0.2, 0.25) is 0 Å². The Morgan fingerprint density at radius 1 is 1.12 bits per heavy atom. The van der Waals surface area contributed by atoms with Crippen LogP contribution < -0.4 is 10.6 Å². The zero-order valence-electron chi connectivity index (χ0n) is 13.8. The zero-order chi connectivity index (χ0) is 17.6. The molecule has 2 aromatic carbocycles. The number of hydrogen-bond acceptors (Lipinski definition) is 3. The molecule has 0 aliphatic heterocycles. The third-order valence-corrected chi connectivity index (χ3v) is 5.13. The maximum atomic E-state index is 12.2. The molecule has 3 aromatic rings. The van der Waals surface area contributed by atoms with Crippen molar-refractivity contribution in [2.75, 3.05) is 5.32 Å². The van der Waals surface area contributed by atoms with Crippen LogP contribution >= 0.6 is 22.9 Å². The third-order valence-electron chi connectivity index (χ3n) is 3.94. The van der Waals surface area contributed by atoms with E-state index in [-0.39, 0.29) is 11.9 Å². The number of benzene rings is 2. The standard InChI is InChI=1S/C20H19ClN2OS/c1-14(16-6-3-2-4-7-16)22-13-15-9-10-17(21)18(12-15)23-20(24)19-8-5-11-25-19/h2-12,14,22H,13H2,1H3,(H,23,24)/t14-/m1/s1. The molecule has 3 nitrogen and oxygen atoms in total. The first-order chi connectivity index (χ1) is 12.1. The fourth-order valence-corrected chi connectivity index (χ4v) is 3.28. The second kappa shape index (κ2) is 8.30. The Morgan fingerprint density at radius 3 is 2.64 bits per heavy atom. The Morgan fingerprint density at radius 2 is 1.92 bits per heavy atom. The molecule has 2 N–H and O–H groups in total. The van der Waals surface area contributed by atoms with Gasteiger partial charge < -0.3 is 10.6 Å². The van der Waals surface area contributed by atoms with Gasteiger partial charge in [-0.25, -0.2) is 0 Å². The molecule has 0 saturated heterocycles. The van der Waals surface area contributed by atoms with Crippen molar-refractivity contribution in [2.24, 2.45) is 0 Å². The van der Waals surface area contributed by atoms with Crippen LogP contribution in [0.25, 0.3) is 0 Å². The predicted molar refractivity (Wildman–Crippen MR) is 105 cm³/mol. The molecule has 0 unspecified atom stereocenters. The summed E-state index contributed by atoms with van der Waals surface area (Å²) in [6, 6.07) is 19.9. The Labute approximate surface area is 156 Å². The van der Waals surface area contributed by atoms with Gasteiger partial charge in [-0.3, -0.25) is 4.79 Å². The lowest BCUT2D eigenvalue weighted by Crippen LogP contribution is -2.18. The van der Waals surface area contributed by atoms with Crippen LogP contribution in [0.1, 0.15) is 33.8 Å². The molecular weight excluding hydrogens is 352 g/mol. The molecular formula is C20H19ClN2OS. The Hall–Kier alpha value is -2.14. The average Bonchev–Trinajstić information content (AvgIpc) is 3.17. The van der Waals surface area contributed by atoms with Crippen LogP contribution in [-0.4, -0.2) is 5.91 Å². The summed E-state index contributed by atoms with van der Waals surface area (Å²) in [6.45, 7) is 2.82. The van der Waals surface area contributed by atoms with Crippen LogP contribution in [0.3, 0.4) is 0 Å². The van der Waals surface area contributed by atoms with Gasteiger partial charge in [-0.05, 0) is 41.6 Å². The molecule has 5 heteroatoms. The fraction of sp³-hybridized carbons (Fsp3) is 0.150. The molecule has 1 aromatic heterocycles. The second-order valence-electron chi connectivity index (χ2n) is 5.76. The van der Waals surface area contributed by atoms with Crippen molar-refractivity contribution in [3.05, 3.63) is 87.1 Å². The van der Waals surface area contributed by atoms with Crippen molar-refractivity contribution in [2.45, 2.75) is 19.5 Å². The number of nitrogens with one attached hydrogen (secondary N) is 2. The van der Waals surface area contributed by atoms with Crippen molar-refractivity contribution in [3.63, 3.8) is 0 Å². The number of hydrogen-bond donors (Lipinski definition) is 2. The first kappa shape index (κ1) is 17.7. The van der Waals surface area contributed by atoms with Crippen molar-refractivity contribution >= 4 is 34.5 Å². The van der Waals surface area contributed by atoms with Gasteiger partial charge in [0.25, 0.3) is 5.91 Å². The average molecular weight is 371 g/mol. The molecule has 0 spiro atoms. The maximum Gasteiger partial charge on any atom is 0.265 e. The van der Waals surface area contributed by atoms with Crippen LogP contribution in [-0.2, 0) is 6.54 Å². The predicted octanol–water partition coefficient (Wildman–Crippen LogP) is 5.50. The van der Waals surface area contributed by atoms with Crippen LogP contribution in [0.4, 0.5) is 5.69 Å². The highest BCUT2D eigenvalue weighted by atomic mass is 35.5. The summed E-state index contributed by atoms with van der Waals surface area (Å²) in [6.07, 6.45) is 0. The first-order valence-corrected chi connectivity index (χ1v) is 9.31. The number of halogens is 1. The van der Waals surface area contributed by atoms with E-state index in [2.05, 4.69) is 29.7 Å². The van der Waals surface area contributed by atoms with Gasteiger partial charge in [-0.15, -0.1) is 11.3 Å². The Balaban J connectivity index is 1.66. The highest BCUT2D eigenvalue weighted by molar-refractivity contribution is 7.12. The molecule has 25 heavy (non-hydrogen) atoms. The molecule has 0 radical (unpaired) electrons. The van der Waals surface area contributed by atoms with Crippen molar-refractivity contribution in [1.29, 1.82) is 0 Å². The first-order valence-electron chi connectivity index (χ1n) is 8.05. The SMILES string of the molecule is C[C@@H](NCc1ccc(Cl)c(NC(=O)c2cccs2)c1)c1ccccc1. The fourth-order valence-electron chi connectivity index (χ4n) is 2.50. The molecule has 1 heterocycles. The Kier molecular flexibility index (Phi) is 5.87. The number of thiophene rings is 1. The maximum absolute atomic E-state index is 12.2. The van der Waals surface area contributed by atoms with E-state index in [1.54, 1.807) is 6.07 Å². The summed E-state index contributed by atoms with van der Waals surface area (Å²) >= 11 is 7.63. The topological polar surface area (TPSA) is 41.1 Å². The summed E-state index contributed by atoms with van der Waals surface area (Å²) in [5, 5.41) is 8.78. The minimum atomic E-state index is -0.139. The molecule has 128 valence electrons. The van der Waals surface area contributed by atoms with E-state index < -0.39 is 0 Å². The van der Waals surface area contributed by atoms with Crippen LogP contribution in [0.15, 0.2) is 66.0 Å². The van der Waals surface area contributed by atoms with Gasteiger partial charge in [0.1, 0.15) is 0 Å². The lowest BCUT2D eigenvalue weighted by Gasteiger charge is -2.15. The van der Waals surface area contributed by atoms with Gasteiger partial charge in [-0.1, -0.05) is 54.1 Å². The monoisotopic (exact) mass is 370 g/mol. The minimum Gasteiger partial charge on any atom is -0.320 e. The number of anilines is 1. The number of carbonyl (C=O) groups is 1. The largest absolute Gasteiger partial charge is 0.320 e. The lowest BCUT2D eigenvalue weighted by molar-refractivity contribution is 0.103. The van der Waals surface area contributed by atoms with E-state index >= 15 is 0 Å². The molecule has 0 aliphatic carbocycles. The summed E-state index contributed by atoms with van der Waals surface area (Å²) in [4.78, 5) is 12.9. The summed E-state index contributed by atoms with van der Waals surface area (Å²) in [7, 11) is 0. The van der Waals surface area contributed by atoms with E-state index in [1.165, 1.54) is 16.9 Å². The van der Waals surface area contributed by atoms with Gasteiger partial charge in [0.05, 0.1) is 15.6 Å². The second-order valence-corrected chi connectivity index (χ2v) is 7.11. The molecule has 0 saturated carbocycles. The van der Waals surface area contributed by atoms with E-state index in [0.717, 1.165) is 5.56 Å². The highest BCUT2D eigenvalue weighted by Crippen LogP contribution is 2.25. The van der Waals surface area contributed by atoms with Crippen molar-refractivity contribution < 1.29 is 4.79 Å². The van der Waals surface area contributed by atoms with Gasteiger partial charge in [0.15, 0.2) is 0 Å². The number of amides is 1. The molecule has 1 amide bonds. The van der Waals surface area contributed by atoms with Crippen molar-refractivity contribution in [1.82, 2.24) is 5.32 Å². The zero-order valence-corrected chi connectivity index (χ0v) is 15.4. The van der Waals surface area contributed by atoms with Gasteiger partial charge in [-0.2, -0.15) is 0 Å².